The Morgan fingerprint density at radius 2 is 1.36 bits per heavy atom. The van der Waals surface area contributed by atoms with Crippen molar-refractivity contribution in [2.24, 2.45) is 0 Å². The Hall–Kier alpha value is -2.38. The smallest absolute Gasteiger partial charge is 0.521 e. The summed E-state index contributed by atoms with van der Waals surface area (Å²) < 4.78 is 11.6. The number of unbranched alkanes of at least 4 members (excludes halogenated alkanes) is 2. The van der Waals surface area contributed by atoms with Crippen molar-refractivity contribution in [3.05, 3.63) is 47.5 Å². The molecule has 2 heterocycles. The first-order valence-electron chi connectivity index (χ1n) is 16.8. The number of anilines is 2. The van der Waals surface area contributed by atoms with Crippen LogP contribution in [-0.2, 0) is 20.1 Å². The fourth-order valence-corrected chi connectivity index (χ4v) is 6.34. The summed E-state index contributed by atoms with van der Waals surface area (Å²) in [5.41, 5.74) is 4.50. The third-order valence-corrected chi connectivity index (χ3v) is 9.00. The molecule has 2 aromatic carbocycles. The molecule has 256 valence electrons. The van der Waals surface area contributed by atoms with E-state index >= 15 is 0 Å². The van der Waals surface area contributed by atoms with E-state index in [-0.39, 0.29) is 12.3 Å². The Morgan fingerprint density at radius 3 is 1.78 bits per heavy atom. The summed E-state index contributed by atoms with van der Waals surface area (Å²) in [5, 5.41) is 28.0. The van der Waals surface area contributed by atoms with Crippen LogP contribution in [0.5, 0.6) is 11.5 Å². The van der Waals surface area contributed by atoms with Crippen molar-refractivity contribution in [2.45, 2.75) is 143 Å². The maximum absolute atomic E-state index is 11.1. The van der Waals surface area contributed by atoms with Crippen molar-refractivity contribution in [1.29, 1.82) is 0 Å². The van der Waals surface area contributed by atoms with E-state index in [0.29, 0.717) is 23.6 Å². The summed E-state index contributed by atoms with van der Waals surface area (Å²) in [6, 6.07) is 13.4. The maximum Gasteiger partial charge on any atom is 0.521 e. The van der Waals surface area contributed by atoms with Crippen molar-refractivity contribution in [2.75, 3.05) is 22.9 Å². The minimum atomic E-state index is -3.04. The Labute approximate surface area is 274 Å². The van der Waals surface area contributed by atoms with E-state index in [2.05, 4.69) is 82.0 Å². The SMILES string of the molecule is CCCCC1CCCN1c1cc(C(C)(C)C)cc(C(C)(C)C)c1O.CCCCC1CCCN1c1ccccc1O.O=[P+]([O-])OO.[HH]. The number of benzene rings is 2. The van der Waals surface area contributed by atoms with E-state index in [1.54, 1.807) is 6.07 Å². The largest absolute Gasteiger partial charge is 0.565 e. The molecule has 0 saturated carbocycles. The van der Waals surface area contributed by atoms with Gasteiger partial charge in [0, 0.05) is 36.8 Å². The summed E-state index contributed by atoms with van der Waals surface area (Å²) in [7, 11) is -3.04. The maximum atomic E-state index is 11.1. The molecule has 0 bridgehead atoms. The monoisotopic (exact) mass is 648 g/mol. The number of nitrogens with zero attached hydrogens (tertiary/aromatic N) is 2. The predicted octanol–water partition coefficient (Wildman–Crippen LogP) is 9.44. The second-order valence-electron chi connectivity index (χ2n) is 14.4. The number of phenols is 2. The van der Waals surface area contributed by atoms with Crippen molar-refractivity contribution in [3.8, 4) is 11.5 Å². The highest BCUT2D eigenvalue weighted by Crippen LogP contribution is 2.44. The average molecular weight is 649 g/mol. The molecule has 45 heavy (non-hydrogen) atoms. The van der Waals surface area contributed by atoms with Crippen LogP contribution in [-0.4, -0.2) is 40.6 Å². The summed E-state index contributed by atoms with van der Waals surface area (Å²) >= 11 is 0. The first-order valence-corrected chi connectivity index (χ1v) is 17.9. The molecule has 0 spiro atoms. The quantitative estimate of drug-likeness (QED) is 0.140. The molecular formula is C36H61N2O6P. The van der Waals surface area contributed by atoms with Gasteiger partial charge in [-0.1, -0.05) is 99.3 Å². The van der Waals surface area contributed by atoms with Gasteiger partial charge in [-0.05, 0) is 77.7 Å². The van der Waals surface area contributed by atoms with E-state index in [4.69, 9.17) is 14.7 Å². The summed E-state index contributed by atoms with van der Waals surface area (Å²) in [4.78, 5) is 13.8. The summed E-state index contributed by atoms with van der Waals surface area (Å²) in [6.45, 7) is 20.0. The molecule has 0 aromatic heterocycles. The zero-order chi connectivity index (χ0) is 33.8. The van der Waals surface area contributed by atoms with E-state index in [1.807, 2.05) is 18.2 Å². The van der Waals surface area contributed by atoms with Gasteiger partial charge in [-0.25, -0.2) is 5.26 Å². The van der Waals surface area contributed by atoms with Gasteiger partial charge in [0.15, 0.2) is 0 Å². The molecule has 8 nitrogen and oxygen atoms in total. The number of para-hydroxylation sites is 2. The number of hydrogen-bond donors (Lipinski definition) is 3. The molecule has 2 saturated heterocycles. The number of rotatable bonds is 9. The van der Waals surface area contributed by atoms with Gasteiger partial charge in [-0.15, -0.1) is 0 Å². The Bertz CT molecular complexity index is 1200. The van der Waals surface area contributed by atoms with Gasteiger partial charge >= 0.3 is 8.25 Å². The van der Waals surface area contributed by atoms with Gasteiger partial charge in [0.1, 0.15) is 11.5 Å². The minimum absolute atomic E-state index is 0. The molecular weight excluding hydrogens is 587 g/mol. The lowest BCUT2D eigenvalue weighted by atomic mass is 9.79. The second-order valence-corrected chi connectivity index (χ2v) is 15.1. The second kappa shape index (κ2) is 18.1. The molecule has 2 aliphatic heterocycles. The van der Waals surface area contributed by atoms with E-state index in [1.165, 1.54) is 69.8 Å². The van der Waals surface area contributed by atoms with Crippen LogP contribution in [0.3, 0.4) is 0 Å². The highest BCUT2D eigenvalue weighted by atomic mass is 31.1. The number of phenolic OH excluding ortho intramolecular Hbond substituents is 2. The Kier molecular flexibility index (Phi) is 15.6. The van der Waals surface area contributed by atoms with Gasteiger partial charge in [-0.2, -0.15) is 0 Å². The topological polar surface area (TPSA) is 117 Å². The lowest BCUT2D eigenvalue weighted by Crippen LogP contribution is -2.30. The predicted molar refractivity (Wildman–Crippen MR) is 187 cm³/mol. The molecule has 0 aliphatic carbocycles. The molecule has 4 rings (SSSR count). The number of hydrogen-bond acceptors (Lipinski definition) is 8. The standard InChI is InChI=1S/C22H37NO.C14H21NO.HO4P.H2/c1-8-9-11-17-12-10-13-23(17)19-15-16(21(2,3)4)14-18(20(19)24)22(5,6)7;1-2-3-7-12-8-6-11-15(12)13-9-4-5-10-14(13)16;1-4-5(2)3;/h14-15,17,24H,8-13H2,1-7H3;4-5,9-10,12,16H,2-3,6-8,11H2,1H3;1H;1H. The van der Waals surface area contributed by atoms with Crippen molar-refractivity contribution in [3.63, 3.8) is 0 Å². The van der Waals surface area contributed by atoms with Crippen LogP contribution < -0.4 is 14.7 Å². The molecule has 2 fully saturated rings. The van der Waals surface area contributed by atoms with Crippen LogP contribution in [0.4, 0.5) is 11.4 Å². The summed E-state index contributed by atoms with van der Waals surface area (Å²) in [6.07, 6.45) is 12.6. The normalized spacial score (nSPS) is 18.7. The summed E-state index contributed by atoms with van der Waals surface area (Å²) in [5.74, 6) is 0.921. The van der Waals surface area contributed by atoms with Crippen LogP contribution in [0.15, 0.2) is 36.4 Å². The molecule has 3 atom stereocenters. The van der Waals surface area contributed by atoms with Crippen molar-refractivity contribution in [1.82, 2.24) is 0 Å². The molecule has 2 aromatic rings. The fraction of sp³-hybridized carbons (Fsp3) is 0.667. The molecule has 0 amide bonds. The van der Waals surface area contributed by atoms with Crippen molar-refractivity contribution < 1.29 is 31.0 Å². The number of aromatic hydroxyl groups is 2. The average Bonchev–Trinajstić information content (AvgIpc) is 3.64. The van der Waals surface area contributed by atoms with Gasteiger partial charge in [0.25, 0.3) is 0 Å². The highest BCUT2D eigenvalue weighted by Gasteiger charge is 2.31. The van der Waals surface area contributed by atoms with E-state index in [9.17, 15) is 10.2 Å². The third kappa shape index (κ3) is 11.7. The Balaban J connectivity index is 0.000000414. The molecule has 3 N–H and O–H groups in total. The zero-order valence-electron chi connectivity index (χ0n) is 29.0. The zero-order valence-corrected chi connectivity index (χ0v) is 29.9. The molecule has 3 unspecified atom stereocenters. The third-order valence-electron chi connectivity index (χ3n) is 8.87. The minimum Gasteiger partial charge on any atom is -0.565 e. The van der Waals surface area contributed by atoms with Gasteiger partial charge in [-0.3, -0.25) is 0 Å². The van der Waals surface area contributed by atoms with E-state index < -0.39 is 8.25 Å². The fourth-order valence-electron chi connectivity index (χ4n) is 6.34. The van der Waals surface area contributed by atoms with E-state index in [0.717, 1.165) is 30.0 Å². The lowest BCUT2D eigenvalue weighted by Gasteiger charge is -2.33. The van der Waals surface area contributed by atoms with Gasteiger partial charge < -0.3 is 24.9 Å². The van der Waals surface area contributed by atoms with Crippen LogP contribution in [0.2, 0.25) is 0 Å². The Morgan fingerprint density at radius 1 is 0.867 bits per heavy atom. The lowest BCUT2D eigenvalue weighted by molar-refractivity contribution is -0.244. The van der Waals surface area contributed by atoms with Crippen LogP contribution in [0, 0.1) is 0 Å². The van der Waals surface area contributed by atoms with Crippen LogP contribution in [0.25, 0.3) is 0 Å². The first kappa shape index (κ1) is 38.8. The van der Waals surface area contributed by atoms with Gasteiger partial charge in [0.2, 0.25) is 0 Å². The first-order chi connectivity index (χ1) is 21.1. The molecule has 9 heteroatoms. The van der Waals surface area contributed by atoms with Crippen LogP contribution >= 0.6 is 8.25 Å². The van der Waals surface area contributed by atoms with Crippen LogP contribution in [0.1, 0.15) is 132 Å². The molecule has 0 radical (unpaired) electrons. The van der Waals surface area contributed by atoms with Crippen molar-refractivity contribution >= 4 is 19.6 Å². The highest BCUT2D eigenvalue weighted by molar-refractivity contribution is 7.30. The van der Waals surface area contributed by atoms with Gasteiger partial charge in [0.05, 0.1) is 11.4 Å². The molecule has 2 aliphatic rings.